The van der Waals surface area contributed by atoms with Crippen molar-refractivity contribution in [2.24, 2.45) is 0 Å². The fourth-order valence-corrected chi connectivity index (χ4v) is 2.05. The van der Waals surface area contributed by atoms with Crippen molar-refractivity contribution in [3.63, 3.8) is 0 Å². The van der Waals surface area contributed by atoms with Crippen LogP contribution in [-0.2, 0) is 4.74 Å². The minimum absolute atomic E-state index is 0.169. The zero-order valence-corrected chi connectivity index (χ0v) is 9.84. The van der Waals surface area contributed by atoms with Crippen LogP contribution in [0, 0.1) is 0 Å². The van der Waals surface area contributed by atoms with Crippen molar-refractivity contribution in [2.75, 3.05) is 7.11 Å². The number of halogens is 2. The van der Waals surface area contributed by atoms with Gasteiger partial charge in [-0.2, -0.15) is 0 Å². The third kappa shape index (κ3) is 1.84. The Hall–Kier alpha value is -1.32. The minimum Gasteiger partial charge on any atom is -0.464 e. The number of fused-ring (bicyclic) bond motifs is 1. The summed E-state index contributed by atoms with van der Waals surface area (Å²) in [4.78, 5) is 15.3. The summed E-state index contributed by atoms with van der Waals surface area (Å²) in [7, 11) is 1.29. The molecule has 0 saturated carbocycles. The molecule has 0 saturated heterocycles. The Morgan fingerprint density at radius 2 is 2.12 bits per heavy atom. The molecule has 16 heavy (non-hydrogen) atoms. The molecule has 2 rings (SSSR count). The van der Waals surface area contributed by atoms with E-state index in [-0.39, 0.29) is 10.8 Å². The summed E-state index contributed by atoms with van der Waals surface area (Å²) in [5, 5.41) is 2.10. The Morgan fingerprint density at radius 3 is 2.81 bits per heavy atom. The third-order valence-corrected chi connectivity index (χ3v) is 2.75. The number of ether oxygens (including phenoxy) is 1. The van der Waals surface area contributed by atoms with Crippen molar-refractivity contribution >= 4 is 39.9 Å². The van der Waals surface area contributed by atoms with Crippen molar-refractivity contribution < 1.29 is 9.53 Å². The molecular formula is C11H7Cl2NO2. The molecule has 0 aliphatic carbocycles. The lowest BCUT2D eigenvalue weighted by Gasteiger charge is -2.05. The van der Waals surface area contributed by atoms with Crippen LogP contribution in [-0.4, -0.2) is 18.1 Å². The van der Waals surface area contributed by atoms with Gasteiger partial charge in [0.15, 0.2) is 5.69 Å². The van der Waals surface area contributed by atoms with Gasteiger partial charge in [0.1, 0.15) is 5.15 Å². The van der Waals surface area contributed by atoms with Gasteiger partial charge in [-0.3, -0.25) is 0 Å². The highest BCUT2D eigenvalue weighted by Gasteiger charge is 2.12. The van der Waals surface area contributed by atoms with Crippen LogP contribution in [0.25, 0.3) is 10.8 Å². The van der Waals surface area contributed by atoms with Crippen LogP contribution in [0.2, 0.25) is 10.2 Å². The molecule has 1 aromatic heterocycles. The number of pyridine rings is 1. The Kier molecular flexibility index (Phi) is 2.99. The molecule has 0 unspecified atom stereocenters. The first kappa shape index (κ1) is 11.2. The fourth-order valence-electron chi connectivity index (χ4n) is 1.43. The lowest BCUT2D eigenvalue weighted by molar-refractivity contribution is 0.0594. The summed E-state index contributed by atoms with van der Waals surface area (Å²) >= 11 is 12.0. The molecule has 0 atom stereocenters. The summed E-state index contributed by atoms with van der Waals surface area (Å²) in [6, 6.07) is 6.90. The van der Waals surface area contributed by atoms with Gasteiger partial charge in [0.2, 0.25) is 0 Å². The average Bonchev–Trinajstić information content (AvgIpc) is 2.27. The number of methoxy groups -OCH3 is 1. The van der Waals surface area contributed by atoms with Gasteiger partial charge in [-0.15, -0.1) is 0 Å². The molecule has 1 aromatic carbocycles. The predicted molar refractivity (Wildman–Crippen MR) is 63.1 cm³/mol. The van der Waals surface area contributed by atoms with Gasteiger partial charge in [-0.1, -0.05) is 35.3 Å². The molecule has 0 spiro atoms. The molecule has 0 aliphatic rings. The number of hydrogen-bond donors (Lipinski definition) is 0. The Labute approximate surface area is 102 Å². The quantitative estimate of drug-likeness (QED) is 0.580. The van der Waals surface area contributed by atoms with Crippen molar-refractivity contribution in [3.05, 3.63) is 40.1 Å². The molecule has 82 valence electrons. The van der Waals surface area contributed by atoms with E-state index in [1.54, 1.807) is 24.3 Å². The second-order valence-electron chi connectivity index (χ2n) is 3.13. The molecule has 0 amide bonds. The second-order valence-corrected chi connectivity index (χ2v) is 3.89. The van der Waals surface area contributed by atoms with E-state index in [1.807, 2.05) is 0 Å². The summed E-state index contributed by atoms with van der Waals surface area (Å²) in [6.07, 6.45) is 0. The molecule has 0 aliphatic heterocycles. The van der Waals surface area contributed by atoms with Crippen molar-refractivity contribution in [1.29, 1.82) is 0 Å². The minimum atomic E-state index is -0.524. The van der Waals surface area contributed by atoms with Gasteiger partial charge in [0.25, 0.3) is 0 Å². The molecule has 0 radical (unpaired) electrons. The van der Waals surface area contributed by atoms with Crippen LogP contribution in [0.3, 0.4) is 0 Å². The van der Waals surface area contributed by atoms with Gasteiger partial charge in [-0.05, 0) is 17.5 Å². The number of hydrogen-bond acceptors (Lipinski definition) is 3. The summed E-state index contributed by atoms with van der Waals surface area (Å²) in [5.74, 6) is -0.524. The number of benzene rings is 1. The molecular weight excluding hydrogens is 249 g/mol. The van der Waals surface area contributed by atoms with E-state index in [0.29, 0.717) is 10.4 Å². The average molecular weight is 256 g/mol. The Morgan fingerprint density at radius 1 is 1.38 bits per heavy atom. The Bertz CT molecular complexity index is 569. The lowest BCUT2D eigenvalue weighted by atomic mass is 10.1. The van der Waals surface area contributed by atoms with Crippen molar-refractivity contribution in [1.82, 2.24) is 4.98 Å². The topological polar surface area (TPSA) is 39.2 Å². The highest BCUT2D eigenvalue weighted by molar-refractivity contribution is 6.41. The summed E-state index contributed by atoms with van der Waals surface area (Å²) in [5.41, 5.74) is 0.169. The third-order valence-electron chi connectivity index (χ3n) is 2.16. The van der Waals surface area contributed by atoms with Crippen molar-refractivity contribution in [3.8, 4) is 0 Å². The van der Waals surface area contributed by atoms with Crippen LogP contribution in [0.15, 0.2) is 24.3 Å². The summed E-state index contributed by atoms with van der Waals surface area (Å²) < 4.78 is 4.58. The van der Waals surface area contributed by atoms with E-state index in [2.05, 4.69) is 9.72 Å². The largest absolute Gasteiger partial charge is 0.464 e. The maximum absolute atomic E-state index is 11.3. The van der Waals surface area contributed by atoms with E-state index in [9.17, 15) is 4.79 Å². The van der Waals surface area contributed by atoms with Crippen LogP contribution in [0.5, 0.6) is 0 Å². The number of esters is 1. The van der Waals surface area contributed by atoms with E-state index < -0.39 is 5.97 Å². The monoisotopic (exact) mass is 255 g/mol. The van der Waals surface area contributed by atoms with Crippen molar-refractivity contribution in [2.45, 2.75) is 0 Å². The molecule has 3 nitrogen and oxygen atoms in total. The number of nitrogens with zero attached hydrogens (tertiary/aromatic N) is 1. The number of carbonyl (C=O) groups is 1. The molecule has 2 aromatic rings. The SMILES string of the molecule is COC(=O)c1cc2cccc(Cl)c2c(Cl)n1. The first-order valence-corrected chi connectivity index (χ1v) is 5.22. The van der Waals surface area contributed by atoms with Gasteiger partial charge in [0.05, 0.1) is 12.1 Å². The first-order chi connectivity index (χ1) is 7.63. The number of carbonyl (C=O) groups excluding carboxylic acids is 1. The zero-order valence-electron chi connectivity index (χ0n) is 8.33. The first-order valence-electron chi connectivity index (χ1n) is 4.46. The summed E-state index contributed by atoms with van der Waals surface area (Å²) in [6.45, 7) is 0. The van der Waals surface area contributed by atoms with Crippen LogP contribution in [0.4, 0.5) is 0 Å². The van der Waals surface area contributed by atoms with Gasteiger partial charge in [0, 0.05) is 5.39 Å². The highest BCUT2D eigenvalue weighted by atomic mass is 35.5. The number of rotatable bonds is 1. The molecule has 5 heteroatoms. The predicted octanol–water partition coefficient (Wildman–Crippen LogP) is 3.33. The zero-order chi connectivity index (χ0) is 11.7. The molecule has 0 N–H and O–H groups in total. The highest BCUT2D eigenvalue weighted by Crippen LogP contribution is 2.29. The Balaban J connectivity index is 2.73. The fraction of sp³-hybridized carbons (Fsp3) is 0.0909. The standard InChI is InChI=1S/C11H7Cl2NO2/c1-16-11(15)8-5-6-3-2-4-7(12)9(6)10(13)14-8/h2-5H,1H3. The lowest BCUT2D eigenvalue weighted by Crippen LogP contribution is -2.04. The molecule has 0 bridgehead atoms. The molecule has 0 fully saturated rings. The maximum Gasteiger partial charge on any atom is 0.356 e. The van der Waals surface area contributed by atoms with Gasteiger partial charge >= 0.3 is 5.97 Å². The maximum atomic E-state index is 11.3. The normalized spacial score (nSPS) is 10.4. The van der Waals surface area contributed by atoms with E-state index >= 15 is 0 Å². The second kappa shape index (κ2) is 4.28. The smallest absolute Gasteiger partial charge is 0.356 e. The van der Waals surface area contributed by atoms with E-state index in [1.165, 1.54) is 7.11 Å². The van der Waals surface area contributed by atoms with Gasteiger partial charge in [-0.25, -0.2) is 9.78 Å². The number of aromatic nitrogens is 1. The van der Waals surface area contributed by atoms with Crippen LogP contribution >= 0.6 is 23.2 Å². The van der Waals surface area contributed by atoms with Gasteiger partial charge < -0.3 is 4.74 Å². The molecule has 1 heterocycles. The van der Waals surface area contributed by atoms with E-state index in [4.69, 9.17) is 23.2 Å². The van der Waals surface area contributed by atoms with Crippen LogP contribution < -0.4 is 0 Å². The van der Waals surface area contributed by atoms with E-state index in [0.717, 1.165) is 5.39 Å². The van der Waals surface area contributed by atoms with Crippen LogP contribution in [0.1, 0.15) is 10.5 Å².